The Morgan fingerprint density at radius 3 is 2.68 bits per heavy atom. The van der Waals surface area contributed by atoms with Crippen molar-refractivity contribution in [2.24, 2.45) is 0 Å². The standard InChI is InChI=1S/C24H21Cl2N5O6/c1-3-35-20(32)13-28-22-21(31(33)34)23(37-19-11-16(12-27)4-5-18(19)26)30-24(29-22)36-17-9-14(2)8-15(10-17)6-7-25/h4-5,8-11H,3,6-7,13H2,1-2H3,(H,28,29,30). The molecule has 11 nitrogen and oxygen atoms in total. The minimum atomic E-state index is -0.778. The third-order valence-corrected chi connectivity index (χ3v) is 5.19. The van der Waals surface area contributed by atoms with Crippen LogP contribution in [0.15, 0.2) is 36.4 Å². The molecule has 13 heteroatoms. The molecule has 2 aromatic carbocycles. The maximum Gasteiger partial charge on any atom is 0.373 e. The van der Waals surface area contributed by atoms with Gasteiger partial charge in [-0.3, -0.25) is 14.9 Å². The molecule has 0 aliphatic carbocycles. The van der Waals surface area contributed by atoms with Gasteiger partial charge in [0.1, 0.15) is 18.0 Å². The second-order valence-corrected chi connectivity index (χ2v) is 8.26. The van der Waals surface area contributed by atoms with Crippen LogP contribution in [0, 0.1) is 28.4 Å². The first kappa shape index (κ1) is 27.4. The molecule has 1 aromatic heterocycles. The number of rotatable bonds is 11. The molecule has 0 saturated heterocycles. The Kier molecular flexibility index (Phi) is 9.43. The fourth-order valence-electron chi connectivity index (χ4n) is 3.18. The number of anilines is 1. The number of aryl methyl sites for hydroxylation is 2. The van der Waals surface area contributed by atoms with Gasteiger partial charge in [-0.05, 0) is 55.7 Å². The van der Waals surface area contributed by atoms with Gasteiger partial charge in [0.2, 0.25) is 5.82 Å². The van der Waals surface area contributed by atoms with Crippen LogP contribution in [0.1, 0.15) is 23.6 Å². The van der Waals surface area contributed by atoms with Crippen molar-refractivity contribution in [3.63, 3.8) is 0 Å². The Labute approximate surface area is 222 Å². The highest BCUT2D eigenvalue weighted by Gasteiger charge is 2.29. The number of hydrogen-bond acceptors (Lipinski definition) is 10. The van der Waals surface area contributed by atoms with Gasteiger partial charge in [0.15, 0.2) is 0 Å². The van der Waals surface area contributed by atoms with Gasteiger partial charge < -0.3 is 19.5 Å². The van der Waals surface area contributed by atoms with Gasteiger partial charge >= 0.3 is 23.5 Å². The summed E-state index contributed by atoms with van der Waals surface area (Å²) in [5, 5.41) is 23.9. The summed E-state index contributed by atoms with van der Waals surface area (Å²) in [6, 6.07) is 11.2. The highest BCUT2D eigenvalue weighted by Crippen LogP contribution is 2.39. The van der Waals surface area contributed by atoms with Gasteiger partial charge in [0.05, 0.1) is 28.2 Å². The molecule has 192 valence electrons. The van der Waals surface area contributed by atoms with Crippen LogP contribution >= 0.6 is 23.2 Å². The lowest BCUT2D eigenvalue weighted by Gasteiger charge is -2.13. The number of carbonyl (C=O) groups is 1. The van der Waals surface area contributed by atoms with Crippen LogP contribution < -0.4 is 14.8 Å². The number of nitriles is 1. The Morgan fingerprint density at radius 1 is 1.22 bits per heavy atom. The van der Waals surface area contributed by atoms with E-state index in [4.69, 9.17) is 37.4 Å². The number of nitrogens with one attached hydrogen (secondary N) is 1. The summed E-state index contributed by atoms with van der Waals surface area (Å²) in [7, 11) is 0. The third kappa shape index (κ3) is 7.42. The molecule has 37 heavy (non-hydrogen) atoms. The minimum Gasteiger partial charge on any atom is -0.465 e. The van der Waals surface area contributed by atoms with Crippen LogP contribution in [-0.4, -0.2) is 39.9 Å². The van der Waals surface area contributed by atoms with Crippen molar-refractivity contribution >= 4 is 40.7 Å². The molecule has 0 fully saturated rings. The molecule has 3 aromatic rings. The quantitative estimate of drug-likeness (QED) is 0.140. The fourth-order valence-corrected chi connectivity index (χ4v) is 3.56. The Bertz CT molecular complexity index is 1360. The topological polar surface area (TPSA) is 150 Å². The maximum atomic E-state index is 12.0. The number of ether oxygens (including phenoxy) is 3. The van der Waals surface area contributed by atoms with Crippen molar-refractivity contribution in [1.82, 2.24) is 9.97 Å². The first-order valence-electron chi connectivity index (χ1n) is 10.9. The van der Waals surface area contributed by atoms with Crippen LogP contribution in [0.5, 0.6) is 23.4 Å². The van der Waals surface area contributed by atoms with E-state index in [0.29, 0.717) is 18.1 Å². The van der Waals surface area contributed by atoms with Gasteiger partial charge in [0, 0.05) is 11.9 Å². The monoisotopic (exact) mass is 545 g/mol. The zero-order valence-electron chi connectivity index (χ0n) is 19.8. The lowest BCUT2D eigenvalue weighted by molar-refractivity contribution is -0.385. The molecule has 0 aliphatic heterocycles. The summed E-state index contributed by atoms with van der Waals surface area (Å²) < 4.78 is 16.4. The molecule has 0 unspecified atom stereocenters. The average Bonchev–Trinajstić information content (AvgIpc) is 2.83. The number of hydrogen-bond donors (Lipinski definition) is 1. The lowest BCUT2D eigenvalue weighted by Crippen LogP contribution is -2.18. The Morgan fingerprint density at radius 2 is 2.00 bits per heavy atom. The maximum absolute atomic E-state index is 12.0. The fraction of sp³-hybridized carbons (Fsp3) is 0.250. The predicted molar refractivity (Wildman–Crippen MR) is 136 cm³/mol. The van der Waals surface area contributed by atoms with E-state index in [1.165, 1.54) is 18.2 Å². The van der Waals surface area contributed by atoms with E-state index < -0.39 is 29.0 Å². The summed E-state index contributed by atoms with van der Waals surface area (Å²) in [5.41, 5.74) is 1.32. The largest absolute Gasteiger partial charge is 0.465 e. The third-order valence-electron chi connectivity index (χ3n) is 4.69. The van der Waals surface area contributed by atoms with Crippen LogP contribution in [0.4, 0.5) is 11.5 Å². The van der Waals surface area contributed by atoms with E-state index >= 15 is 0 Å². The molecular formula is C24H21Cl2N5O6. The van der Waals surface area contributed by atoms with E-state index in [1.54, 1.807) is 19.1 Å². The molecule has 0 atom stereocenters. The van der Waals surface area contributed by atoms with E-state index in [2.05, 4.69) is 15.3 Å². The number of esters is 1. The molecule has 0 saturated carbocycles. The molecule has 0 bridgehead atoms. The molecule has 1 N–H and O–H groups in total. The average molecular weight is 546 g/mol. The smallest absolute Gasteiger partial charge is 0.373 e. The molecule has 0 aliphatic rings. The van der Waals surface area contributed by atoms with E-state index in [0.717, 1.165) is 11.1 Å². The summed E-state index contributed by atoms with van der Waals surface area (Å²) in [5.74, 6) is -0.814. The summed E-state index contributed by atoms with van der Waals surface area (Å²) in [6.45, 7) is 3.20. The number of nitro groups is 1. The normalized spacial score (nSPS) is 10.4. The van der Waals surface area contributed by atoms with Gasteiger partial charge in [-0.15, -0.1) is 11.6 Å². The van der Waals surface area contributed by atoms with Gasteiger partial charge in [-0.2, -0.15) is 15.2 Å². The molecular weight excluding hydrogens is 525 g/mol. The van der Waals surface area contributed by atoms with Gasteiger partial charge in [-0.1, -0.05) is 17.7 Å². The predicted octanol–water partition coefficient (Wildman–Crippen LogP) is 5.56. The number of aromatic nitrogens is 2. The van der Waals surface area contributed by atoms with Crippen molar-refractivity contribution < 1.29 is 23.9 Å². The van der Waals surface area contributed by atoms with Crippen molar-refractivity contribution in [2.75, 3.05) is 24.3 Å². The van der Waals surface area contributed by atoms with E-state index in [1.807, 2.05) is 19.1 Å². The second-order valence-electron chi connectivity index (χ2n) is 7.48. The van der Waals surface area contributed by atoms with Crippen molar-refractivity contribution in [3.8, 4) is 29.5 Å². The minimum absolute atomic E-state index is 0.0511. The summed E-state index contributed by atoms with van der Waals surface area (Å²) >= 11 is 12.0. The lowest BCUT2D eigenvalue weighted by atomic mass is 10.1. The highest BCUT2D eigenvalue weighted by molar-refractivity contribution is 6.32. The Balaban J connectivity index is 2.09. The van der Waals surface area contributed by atoms with Gasteiger partial charge in [0.25, 0.3) is 0 Å². The van der Waals surface area contributed by atoms with Gasteiger partial charge in [-0.25, -0.2) is 0 Å². The van der Waals surface area contributed by atoms with E-state index in [9.17, 15) is 20.2 Å². The summed E-state index contributed by atoms with van der Waals surface area (Å²) in [4.78, 5) is 31.3. The molecule has 0 amide bonds. The summed E-state index contributed by atoms with van der Waals surface area (Å²) in [6.07, 6.45) is 0.592. The van der Waals surface area contributed by atoms with Crippen molar-refractivity contribution in [3.05, 3.63) is 68.2 Å². The van der Waals surface area contributed by atoms with Crippen LogP contribution in [0.2, 0.25) is 5.02 Å². The second kappa shape index (κ2) is 12.7. The molecule has 1 heterocycles. The number of alkyl halides is 1. The highest BCUT2D eigenvalue weighted by atomic mass is 35.5. The SMILES string of the molecule is CCOC(=O)CNc1nc(Oc2cc(C)cc(CCCl)c2)nc(Oc2cc(C#N)ccc2Cl)c1[N+](=O)[O-]. The van der Waals surface area contributed by atoms with E-state index in [-0.39, 0.29) is 34.8 Å². The Hall–Kier alpha value is -4.14. The van der Waals surface area contributed by atoms with Crippen molar-refractivity contribution in [1.29, 1.82) is 5.26 Å². The molecule has 0 radical (unpaired) electrons. The zero-order valence-corrected chi connectivity index (χ0v) is 21.3. The molecule has 0 spiro atoms. The molecule has 3 rings (SSSR count). The number of nitrogens with zero attached hydrogens (tertiary/aromatic N) is 4. The number of halogens is 2. The zero-order chi connectivity index (χ0) is 26.9. The van der Waals surface area contributed by atoms with Crippen LogP contribution in [0.3, 0.4) is 0 Å². The van der Waals surface area contributed by atoms with Crippen LogP contribution in [0.25, 0.3) is 0 Å². The first-order chi connectivity index (χ1) is 17.7. The first-order valence-corrected chi connectivity index (χ1v) is 11.8. The number of carbonyl (C=O) groups excluding carboxylic acids is 1. The van der Waals surface area contributed by atoms with Crippen molar-refractivity contribution in [2.45, 2.75) is 20.3 Å². The number of benzene rings is 2. The van der Waals surface area contributed by atoms with Crippen LogP contribution in [-0.2, 0) is 16.0 Å².